The predicted molar refractivity (Wildman–Crippen MR) is 48.4 cm³/mol. The third kappa shape index (κ3) is 1.72. The van der Waals surface area contributed by atoms with Gasteiger partial charge >= 0.3 is 0 Å². The van der Waals surface area contributed by atoms with Gasteiger partial charge in [0.15, 0.2) is 0 Å². The molecule has 1 saturated heterocycles. The molecule has 0 radical (unpaired) electrons. The van der Waals surface area contributed by atoms with Crippen molar-refractivity contribution in [2.24, 2.45) is 11.8 Å². The van der Waals surface area contributed by atoms with Crippen LogP contribution in [0.25, 0.3) is 0 Å². The van der Waals surface area contributed by atoms with Gasteiger partial charge in [-0.2, -0.15) is 0 Å². The molecular weight excluding hydrogens is 200 g/mol. The molecular formula is C9H12N2O4. The highest BCUT2D eigenvalue weighted by molar-refractivity contribution is 6.10. The van der Waals surface area contributed by atoms with E-state index in [1.165, 1.54) is 0 Å². The summed E-state index contributed by atoms with van der Waals surface area (Å²) in [5, 5.41) is 10.9. The molecule has 1 saturated carbocycles. The number of carbonyl (C=O) groups excluding carboxylic acids is 3. The summed E-state index contributed by atoms with van der Waals surface area (Å²) in [6.07, 6.45) is 0.645. The first-order chi connectivity index (χ1) is 7.15. The molecule has 15 heavy (non-hydrogen) atoms. The average Bonchev–Trinajstić information content (AvgIpc) is 2.96. The van der Waals surface area contributed by atoms with E-state index in [0.717, 1.165) is 4.90 Å². The number of carbonyl (C=O) groups is 3. The van der Waals surface area contributed by atoms with Crippen LogP contribution in [0.2, 0.25) is 0 Å². The Morgan fingerprint density at radius 1 is 1.40 bits per heavy atom. The number of fused-ring (bicyclic) bond motifs is 1. The van der Waals surface area contributed by atoms with Crippen LogP contribution in [0, 0.1) is 11.8 Å². The summed E-state index contributed by atoms with van der Waals surface area (Å²) in [5.74, 6) is -1.20. The summed E-state index contributed by atoms with van der Waals surface area (Å²) in [6.45, 7) is -0.231. The lowest BCUT2D eigenvalue weighted by atomic mass is 10.4. The molecule has 2 rings (SSSR count). The third-order valence-electron chi connectivity index (χ3n) is 2.69. The average molecular weight is 212 g/mol. The van der Waals surface area contributed by atoms with Gasteiger partial charge in [-0.1, -0.05) is 0 Å². The Hall–Kier alpha value is -1.43. The monoisotopic (exact) mass is 212 g/mol. The fourth-order valence-electron chi connectivity index (χ4n) is 1.80. The Balaban J connectivity index is 1.87. The number of aliphatic hydroxyl groups excluding tert-OH is 1. The summed E-state index contributed by atoms with van der Waals surface area (Å²) >= 11 is 0. The van der Waals surface area contributed by atoms with Crippen LogP contribution in [0.4, 0.5) is 0 Å². The molecule has 6 heteroatoms. The molecule has 3 amide bonds. The fourth-order valence-corrected chi connectivity index (χ4v) is 1.80. The molecule has 2 N–H and O–H groups in total. The van der Waals surface area contributed by atoms with E-state index in [1.807, 2.05) is 0 Å². The van der Waals surface area contributed by atoms with Gasteiger partial charge in [0.1, 0.15) is 6.54 Å². The molecule has 0 aromatic heterocycles. The van der Waals surface area contributed by atoms with E-state index in [-0.39, 0.29) is 43.3 Å². The maximum absolute atomic E-state index is 11.4. The van der Waals surface area contributed by atoms with Gasteiger partial charge in [0.2, 0.25) is 17.7 Å². The fraction of sp³-hybridized carbons (Fsp3) is 0.667. The molecule has 2 atom stereocenters. The number of hydrogen-bond acceptors (Lipinski definition) is 4. The lowest BCUT2D eigenvalue weighted by molar-refractivity contribution is -0.144. The standard InChI is InChI=1S/C9H12N2O4/c12-2-1-10-7(13)4-11-8(14)5-3-6(5)9(11)15/h5-6,12H,1-4H2,(H,10,13). The van der Waals surface area contributed by atoms with Gasteiger partial charge in [-0.25, -0.2) is 0 Å². The zero-order valence-electron chi connectivity index (χ0n) is 8.10. The molecule has 1 aliphatic heterocycles. The highest BCUT2D eigenvalue weighted by atomic mass is 16.3. The number of aliphatic hydroxyl groups is 1. The van der Waals surface area contributed by atoms with Gasteiger partial charge in [0, 0.05) is 6.54 Å². The van der Waals surface area contributed by atoms with Crippen LogP contribution in [-0.4, -0.2) is 47.4 Å². The van der Waals surface area contributed by atoms with Crippen LogP contribution in [0.5, 0.6) is 0 Å². The Labute approximate surface area is 86.2 Å². The van der Waals surface area contributed by atoms with E-state index in [0.29, 0.717) is 6.42 Å². The topological polar surface area (TPSA) is 86.7 Å². The zero-order chi connectivity index (χ0) is 11.0. The van der Waals surface area contributed by atoms with Crippen LogP contribution >= 0.6 is 0 Å². The van der Waals surface area contributed by atoms with Crippen molar-refractivity contribution < 1.29 is 19.5 Å². The molecule has 1 heterocycles. The summed E-state index contributed by atoms with van der Waals surface area (Å²) < 4.78 is 0. The van der Waals surface area contributed by atoms with Gasteiger partial charge in [-0.3, -0.25) is 19.3 Å². The number of imide groups is 1. The first-order valence-electron chi connectivity index (χ1n) is 4.88. The highest BCUT2D eigenvalue weighted by Gasteiger charge is 2.58. The SMILES string of the molecule is O=C(CN1C(=O)C2CC2C1=O)NCCO. The van der Waals surface area contributed by atoms with Gasteiger partial charge in [-0.15, -0.1) is 0 Å². The van der Waals surface area contributed by atoms with Gasteiger partial charge < -0.3 is 10.4 Å². The summed E-state index contributed by atoms with van der Waals surface area (Å²) in [7, 11) is 0. The molecule has 0 spiro atoms. The Morgan fingerprint density at radius 2 is 2.00 bits per heavy atom. The van der Waals surface area contributed by atoms with Crippen molar-refractivity contribution in [1.29, 1.82) is 0 Å². The molecule has 82 valence electrons. The van der Waals surface area contributed by atoms with Crippen molar-refractivity contribution in [3.8, 4) is 0 Å². The predicted octanol–water partition coefficient (Wildman–Crippen LogP) is -1.90. The molecule has 0 bridgehead atoms. The largest absolute Gasteiger partial charge is 0.395 e. The minimum atomic E-state index is -0.410. The van der Waals surface area contributed by atoms with Crippen LogP contribution in [0.3, 0.4) is 0 Å². The number of rotatable bonds is 4. The highest BCUT2D eigenvalue weighted by Crippen LogP contribution is 2.46. The lowest BCUT2D eigenvalue weighted by Crippen LogP contribution is -2.42. The van der Waals surface area contributed by atoms with Crippen LogP contribution in [0.1, 0.15) is 6.42 Å². The van der Waals surface area contributed by atoms with Gasteiger partial charge in [0.25, 0.3) is 0 Å². The van der Waals surface area contributed by atoms with Crippen molar-refractivity contribution in [2.45, 2.75) is 6.42 Å². The van der Waals surface area contributed by atoms with Crippen molar-refractivity contribution in [1.82, 2.24) is 10.2 Å². The summed E-state index contributed by atoms with van der Waals surface area (Å²) in [5.41, 5.74) is 0. The number of nitrogens with one attached hydrogen (secondary N) is 1. The minimum absolute atomic E-state index is 0.141. The second-order valence-electron chi connectivity index (χ2n) is 3.78. The second kappa shape index (κ2) is 3.62. The van der Waals surface area contributed by atoms with Crippen LogP contribution in [0.15, 0.2) is 0 Å². The lowest BCUT2D eigenvalue weighted by Gasteiger charge is -2.15. The van der Waals surface area contributed by atoms with E-state index in [9.17, 15) is 14.4 Å². The van der Waals surface area contributed by atoms with Crippen molar-refractivity contribution in [2.75, 3.05) is 19.7 Å². The van der Waals surface area contributed by atoms with Crippen molar-refractivity contribution in [3.63, 3.8) is 0 Å². The Bertz CT molecular complexity index is 308. The number of amides is 3. The van der Waals surface area contributed by atoms with Gasteiger partial charge in [0.05, 0.1) is 18.4 Å². The van der Waals surface area contributed by atoms with Crippen molar-refractivity contribution >= 4 is 17.7 Å². The third-order valence-corrected chi connectivity index (χ3v) is 2.69. The molecule has 1 aliphatic carbocycles. The first-order valence-corrected chi connectivity index (χ1v) is 4.88. The van der Waals surface area contributed by atoms with E-state index >= 15 is 0 Å². The number of likely N-dealkylation sites (tertiary alicyclic amines) is 1. The maximum atomic E-state index is 11.4. The number of hydrogen-bond donors (Lipinski definition) is 2. The van der Waals surface area contributed by atoms with E-state index < -0.39 is 5.91 Å². The summed E-state index contributed by atoms with van der Waals surface area (Å²) in [6, 6.07) is 0. The minimum Gasteiger partial charge on any atom is -0.395 e. The second-order valence-corrected chi connectivity index (χ2v) is 3.78. The molecule has 0 aromatic carbocycles. The molecule has 6 nitrogen and oxygen atoms in total. The zero-order valence-corrected chi connectivity index (χ0v) is 8.10. The molecule has 2 aliphatic rings. The van der Waals surface area contributed by atoms with E-state index in [4.69, 9.17) is 5.11 Å². The normalized spacial score (nSPS) is 27.9. The van der Waals surface area contributed by atoms with Gasteiger partial charge in [-0.05, 0) is 6.42 Å². The van der Waals surface area contributed by atoms with Crippen LogP contribution in [-0.2, 0) is 14.4 Å². The number of piperidine rings is 1. The Kier molecular flexibility index (Phi) is 2.44. The smallest absolute Gasteiger partial charge is 0.240 e. The number of nitrogens with zero attached hydrogens (tertiary/aromatic N) is 1. The molecule has 2 unspecified atom stereocenters. The van der Waals surface area contributed by atoms with E-state index in [1.54, 1.807) is 0 Å². The molecule has 2 fully saturated rings. The van der Waals surface area contributed by atoms with E-state index in [2.05, 4.69) is 5.32 Å². The quantitative estimate of drug-likeness (QED) is 0.533. The Morgan fingerprint density at radius 3 is 2.53 bits per heavy atom. The van der Waals surface area contributed by atoms with Crippen molar-refractivity contribution in [3.05, 3.63) is 0 Å². The molecule has 0 aromatic rings. The maximum Gasteiger partial charge on any atom is 0.240 e. The first kappa shape index (κ1) is 10.1. The van der Waals surface area contributed by atoms with Crippen LogP contribution < -0.4 is 5.32 Å². The summed E-state index contributed by atoms with van der Waals surface area (Å²) in [4.78, 5) is 35.1.